The monoisotopic (exact) mass is 620 g/mol. The van der Waals surface area contributed by atoms with Crippen molar-refractivity contribution in [2.75, 3.05) is 0 Å². The van der Waals surface area contributed by atoms with E-state index in [1.807, 2.05) is 91.0 Å². The Morgan fingerprint density at radius 1 is 0.658 bits per heavy atom. The molecule has 0 atom stereocenters. The molecule has 0 N–H and O–H groups in total. The van der Waals surface area contributed by atoms with E-state index in [1.165, 1.54) is 10.9 Å². The highest BCUT2D eigenvalue weighted by Crippen LogP contribution is 2.44. The zero-order valence-electron chi connectivity index (χ0n) is 19.8. The highest BCUT2D eigenvalue weighted by Gasteiger charge is 2.44. The number of alkyl halides is 3. The van der Waals surface area contributed by atoms with Crippen LogP contribution in [0.25, 0.3) is 16.8 Å². The van der Waals surface area contributed by atoms with Crippen LogP contribution in [0, 0.1) is 3.70 Å². The molecule has 3 heterocycles. The van der Waals surface area contributed by atoms with Crippen molar-refractivity contribution in [3.8, 4) is 11.1 Å². The summed E-state index contributed by atoms with van der Waals surface area (Å²) in [5.74, 6) is 0. The number of fused-ring (bicyclic) bond motifs is 1. The Kier molecular flexibility index (Phi) is 6.06. The van der Waals surface area contributed by atoms with E-state index in [1.54, 1.807) is 28.9 Å². The van der Waals surface area contributed by atoms with Crippen LogP contribution in [-0.2, 0) is 11.7 Å². The summed E-state index contributed by atoms with van der Waals surface area (Å²) in [5.41, 5.74) is 1.33. The van der Waals surface area contributed by atoms with E-state index in [0.717, 1.165) is 20.4 Å². The van der Waals surface area contributed by atoms with Gasteiger partial charge in [-0.05, 0) is 51.4 Å². The molecule has 38 heavy (non-hydrogen) atoms. The van der Waals surface area contributed by atoms with Crippen LogP contribution in [0.5, 0.6) is 0 Å². The quantitative estimate of drug-likeness (QED) is 0.147. The predicted molar refractivity (Wildman–Crippen MR) is 149 cm³/mol. The van der Waals surface area contributed by atoms with Crippen molar-refractivity contribution in [3.05, 3.63) is 148 Å². The Morgan fingerprint density at radius 2 is 1.18 bits per heavy atom. The van der Waals surface area contributed by atoms with Gasteiger partial charge in [0.1, 0.15) is 14.9 Å². The Morgan fingerprint density at radius 3 is 1.68 bits per heavy atom. The van der Waals surface area contributed by atoms with Crippen LogP contribution >= 0.6 is 22.6 Å². The van der Waals surface area contributed by atoms with E-state index < -0.39 is 17.4 Å². The molecule has 0 saturated heterocycles. The molecule has 0 amide bonds. The lowest BCUT2D eigenvalue weighted by Crippen LogP contribution is -2.38. The molecule has 0 aliphatic rings. The fourth-order valence-electron chi connectivity index (χ4n) is 5.01. The Hall–Kier alpha value is -3.92. The summed E-state index contributed by atoms with van der Waals surface area (Å²) in [7, 11) is 0. The van der Waals surface area contributed by atoms with Gasteiger partial charge in [0.25, 0.3) is 0 Å². The van der Waals surface area contributed by atoms with Gasteiger partial charge in [-0.15, -0.1) is 0 Å². The highest BCUT2D eigenvalue weighted by atomic mass is 127. The number of imidazole rings is 1. The minimum Gasteiger partial charge on any atom is -0.294 e. The predicted octanol–water partition coefficient (Wildman–Crippen LogP) is 7.66. The molecule has 6 rings (SSSR count). The minimum absolute atomic E-state index is 0.00364. The molecular weight excluding hydrogens is 600 g/mol. The van der Waals surface area contributed by atoms with Crippen LogP contribution in [0.15, 0.2) is 122 Å². The summed E-state index contributed by atoms with van der Waals surface area (Å²) in [5, 5.41) is 4.31. The molecule has 8 heteroatoms. The normalized spacial score (nSPS) is 12.2. The van der Waals surface area contributed by atoms with Gasteiger partial charge in [-0.2, -0.15) is 18.3 Å². The molecule has 0 aliphatic carbocycles. The lowest BCUT2D eigenvalue weighted by atomic mass is 9.77. The molecular formula is C30H20F3IN4. The van der Waals surface area contributed by atoms with Crippen molar-refractivity contribution in [2.45, 2.75) is 11.7 Å². The number of aromatic nitrogens is 4. The number of hydrogen-bond donors (Lipinski definition) is 0. The second-order valence-electron chi connectivity index (χ2n) is 8.87. The van der Waals surface area contributed by atoms with Crippen molar-refractivity contribution in [2.24, 2.45) is 0 Å². The molecule has 0 unspecified atom stereocenters. The van der Waals surface area contributed by atoms with E-state index >= 15 is 0 Å². The van der Waals surface area contributed by atoms with Gasteiger partial charge in [-0.25, -0.2) is 4.98 Å². The van der Waals surface area contributed by atoms with Gasteiger partial charge in [0.2, 0.25) is 0 Å². The summed E-state index contributed by atoms with van der Waals surface area (Å²) in [6.07, 6.45) is 0.198. The maximum atomic E-state index is 14.6. The summed E-state index contributed by atoms with van der Waals surface area (Å²) in [6.45, 7) is 0. The fourth-order valence-corrected chi connectivity index (χ4v) is 5.54. The lowest BCUT2D eigenvalue weighted by Gasteiger charge is -2.36. The zero-order valence-corrected chi connectivity index (χ0v) is 22.0. The Balaban J connectivity index is 1.71. The van der Waals surface area contributed by atoms with E-state index in [2.05, 4.69) is 32.7 Å². The van der Waals surface area contributed by atoms with Crippen molar-refractivity contribution in [1.82, 2.24) is 19.2 Å². The first-order valence-corrected chi connectivity index (χ1v) is 12.9. The molecule has 0 saturated carbocycles. The number of benzene rings is 3. The molecule has 0 spiro atoms. The number of pyridine rings is 1. The van der Waals surface area contributed by atoms with Gasteiger partial charge in [-0.3, -0.25) is 9.08 Å². The van der Waals surface area contributed by atoms with Crippen LogP contribution in [0.2, 0.25) is 0 Å². The topological polar surface area (TPSA) is 35.1 Å². The van der Waals surface area contributed by atoms with E-state index in [4.69, 9.17) is 0 Å². The number of nitrogens with zero attached hydrogens (tertiary/aromatic N) is 4. The maximum Gasteiger partial charge on any atom is 0.435 e. The third-order valence-corrected chi connectivity index (χ3v) is 7.47. The van der Waals surface area contributed by atoms with Crippen LogP contribution in [-0.4, -0.2) is 19.2 Å². The summed E-state index contributed by atoms with van der Waals surface area (Å²) in [4.78, 5) is 4.30. The largest absolute Gasteiger partial charge is 0.435 e. The van der Waals surface area contributed by atoms with Gasteiger partial charge in [0.05, 0.1) is 6.20 Å². The highest BCUT2D eigenvalue weighted by molar-refractivity contribution is 14.1. The van der Waals surface area contributed by atoms with Gasteiger partial charge in [0, 0.05) is 23.5 Å². The summed E-state index contributed by atoms with van der Waals surface area (Å²) >= 11 is 2.11. The maximum absolute atomic E-state index is 14.6. The van der Waals surface area contributed by atoms with Crippen LogP contribution in [0.3, 0.4) is 0 Å². The molecule has 3 aromatic carbocycles. The lowest BCUT2D eigenvalue weighted by molar-refractivity contribution is -0.141. The summed E-state index contributed by atoms with van der Waals surface area (Å²) < 4.78 is 47.8. The average Bonchev–Trinajstić information content (AvgIpc) is 3.56. The molecule has 6 aromatic rings. The SMILES string of the molecule is FC(F)(F)c1nn(C(c2ccccc2)(c2ccccc2)c2ccccc2)cc1-c1ccc2ncc(I)n2c1. The van der Waals surface area contributed by atoms with Gasteiger partial charge in [-0.1, -0.05) is 91.0 Å². The molecule has 0 fully saturated rings. The first kappa shape index (κ1) is 24.4. The molecule has 188 valence electrons. The van der Waals surface area contributed by atoms with E-state index in [-0.39, 0.29) is 5.56 Å². The second-order valence-corrected chi connectivity index (χ2v) is 9.97. The van der Waals surface area contributed by atoms with Crippen LogP contribution < -0.4 is 0 Å². The van der Waals surface area contributed by atoms with E-state index in [0.29, 0.717) is 11.2 Å². The van der Waals surface area contributed by atoms with Crippen molar-refractivity contribution in [1.29, 1.82) is 0 Å². The molecule has 0 radical (unpaired) electrons. The van der Waals surface area contributed by atoms with Gasteiger partial charge < -0.3 is 0 Å². The number of hydrogen-bond acceptors (Lipinski definition) is 2. The van der Waals surface area contributed by atoms with Crippen LogP contribution in [0.4, 0.5) is 13.2 Å². The molecule has 3 aromatic heterocycles. The number of halogens is 4. The Bertz CT molecular complexity index is 1610. The van der Waals surface area contributed by atoms with E-state index in [9.17, 15) is 13.2 Å². The molecule has 0 aliphatic heterocycles. The molecule has 0 bridgehead atoms. The smallest absolute Gasteiger partial charge is 0.294 e. The third-order valence-electron chi connectivity index (χ3n) is 6.67. The Labute approximate surface area is 230 Å². The van der Waals surface area contributed by atoms with Gasteiger partial charge in [0.15, 0.2) is 5.69 Å². The number of rotatable bonds is 5. The summed E-state index contributed by atoms with van der Waals surface area (Å²) in [6, 6.07) is 31.9. The van der Waals surface area contributed by atoms with Crippen molar-refractivity contribution >= 4 is 28.2 Å². The third kappa shape index (κ3) is 3.99. The molecule has 4 nitrogen and oxygen atoms in total. The fraction of sp³-hybridized carbons (Fsp3) is 0.0667. The van der Waals surface area contributed by atoms with Crippen LogP contribution in [0.1, 0.15) is 22.4 Å². The van der Waals surface area contributed by atoms with Gasteiger partial charge >= 0.3 is 6.18 Å². The average molecular weight is 620 g/mol. The first-order chi connectivity index (χ1) is 18.4. The van der Waals surface area contributed by atoms with Crippen molar-refractivity contribution in [3.63, 3.8) is 0 Å². The standard InChI is InChI=1S/C30H20F3IN4/c31-30(32,33)28-25(21-16-17-27-35-18-26(34)37(27)19-21)20-38(36-28)29(22-10-4-1-5-11-22,23-12-6-2-7-13-23)24-14-8-3-9-15-24/h1-20H. The first-order valence-electron chi connectivity index (χ1n) is 11.9. The zero-order chi connectivity index (χ0) is 26.3. The van der Waals surface area contributed by atoms with Crippen molar-refractivity contribution < 1.29 is 13.2 Å². The second kappa shape index (κ2) is 9.43. The minimum atomic E-state index is -4.67.